The number of carbonyl (C=O) groups excluding carboxylic acids is 2. The molecule has 0 heterocycles. The van der Waals surface area contributed by atoms with E-state index >= 15 is 0 Å². The molecule has 2 aliphatic rings. The van der Waals surface area contributed by atoms with Crippen molar-refractivity contribution in [1.82, 2.24) is 0 Å². The lowest BCUT2D eigenvalue weighted by Crippen LogP contribution is -2.41. The van der Waals surface area contributed by atoms with Crippen LogP contribution in [0.3, 0.4) is 0 Å². The first kappa shape index (κ1) is 31.3. The Hall–Kier alpha value is -3.66. The van der Waals surface area contributed by atoms with E-state index in [1.807, 2.05) is 31.2 Å². The van der Waals surface area contributed by atoms with Crippen molar-refractivity contribution >= 4 is 17.5 Å². The van der Waals surface area contributed by atoms with E-state index in [1.165, 1.54) is 42.1 Å². The van der Waals surface area contributed by atoms with Crippen LogP contribution in [-0.4, -0.2) is 26.2 Å². The number of benzene rings is 2. The number of carbonyl (C=O) groups is 2. The topological polar surface area (TPSA) is 52.6 Å². The van der Waals surface area contributed by atoms with E-state index in [9.17, 15) is 9.59 Å². The number of hydrogen-bond acceptors (Lipinski definition) is 4. The largest absolute Gasteiger partial charge is 0.469 e. The molecule has 3 unspecified atom stereocenters. The summed E-state index contributed by atoms with van der Waals surface area (Å²) >= 11 is 0. The van der Waals surface area contributed by atoms with E-state index in [-0.39, 0.29) is 36.1 Å². The van der Waals surface area contributed by atoms with Crippen LogP contribution < -0.4 is 0 Å². The molecule has 0 bridgehead atoms. The van der Waals surface area contributed by atoms with Gasteiger partial charge in [-0.15, -0.1) is 0 Å². The molecule has 222 valence electrons. The van der Waals surface area contributed by atoms with Crippen molar-refractivity contribution in [2.24, 2.45) is 11.3 Å². The van der Waals surface area contributed by atoms with Crippen LogP contribution >= 0.6 is 0 Å². The van der Waals surface area contributed by atoms with Crippen molar-refractivity contribution in [3.8, 4) is 0 Å². The fraction of sp³-hybridized carbons (Fsp3) is 0.421. The third kappa shape index (κ3) is 6.23. The van der Waals surface area contributed by atoms with Gasteiger partial charge in [0.2, 0.25) is 0 Å². The Kier molecular flexibility index (Phi) is 9.45. The summed E-state index contributed by atoms with van der Waals surface area (Å²) in [5.41, 5.74) is 6.00. The van der Waals surface area contributed by atoms with Crippen molar-refractivity contribution in [3.63, 3.8) is 0 Å². The quantitative estimate of drug-likeness (QED) is 0.190. The Bertz CT molecular complexity index is 1420. The number of methoxy groups -OCH3 is 2. The molecule has 3 atom stereocenters. The van der Waals surface area contributed by atoms with Gasteiger partial charge in [-0.3, -0.25) is 9.59 Å². The van der Waals surface area contributed by atoms with Gasteiger partial charge in [-0.25, -0.2) is 0 Å². The molecule has 0 saturated carbocycles. The Morgan fingerprint density at radius 3 is 2.29 bits per heavy atom. The summed E-state index contributed by atoms with van der Waals surface area (Å²) in [6.07, 6.45) is 13.4. The Morgan fingerprint density at radius 1 is 0.952 bits per heavy atom. The van der Waals surface area contributed by atoms with Crippen molar-refractivity contribution in [2.75, 3.05) is 14.2 Å². The molecule has 0 spiro atoms. The van der Waals surface area contributed by atoms with Gasteiger partial charge in [0.25, 0.3) is 0 Å². The maximum Gasteiger partial charge on any atom is 0.306 e. The van der Waals surface area contributed by atoms with Crippen LogP contribution in [0.2, 0.25) is 0 Å². The fourth-order valence-electron chi connectivity index (χ4n) is 7.93. The number of rotatable bonds is 12. The van der Waals surface area contributed by atoms with Crippen molar-refractivity contribution in [1.29, 1.82) is 0 Å². The van der Waals surface area contributed by atoms with E-state index < -0.39 is 10.8 Å². The van der Waals surface area contributed by atoms with Crippen LogP contribution in [0, 0.1) is 11.3 Å². The zero-order chi connectivity index (χ0) is 30.5. The molecular weight excluding hydrogens is 520 g/mol. The van der Waals surface area contributed by atoms with Crippen molar-refractivity contribution in [3.05, 3.63) is 113 Å². The SMILES string of the molecule is C/C=C\C=C(\C)CC(CC(=O)OC)(CC(C)(C)CC1(CC(=O)OC)C2=C(C=CC2C)c2ccccc21)c1ccccc1. The highest BCUT2D eigenvalue weighted by Crippen LogP contribution is 2.60. The van der Waals surface area contributed by atoms with Crippen molar-refractivity contribution < 1.29 is 19.1 Å². The predicted molar refractivity (Wildman–Crippen MR) is 171 cm³/mol. The molecule has 4 rings (SSSR count). The van der Waals surface area contributed by atoms with Crippen LogP contribution in [0.4, 0.5) is 0 Å². The number of allylic oxidation sites excluding steroid dienone is 8. The Labute approximate surface area is 252 Å². The molecule has 0 saturated heterocycles. The zero-order valence-electron chi connectivity index (χ0n) is 26.3. The van der Waals surface area contributed by atoms with Crippen LogP contribution in [0.5, 0.6) is 0 Å². The normalized spacial score (nSPS) is 21.3. The van der Waals surface area contributed by atoms with Crippen LogP contribution in [0.1, 0.15) is 83.4 Å². The molecule has 0 aliphatic heterocycles. The molecule has 0 fully saturated rings. The second-order valence-electron chi connectivity index (χ2n) is 13.0. The molecule has 42 heavy (non-hydrogen) atoms. The first-order chi connectivity index (χ1) is 20.0. The second kappa shape index (κ2) is 12.7. The van der Waals surface area contributed by atoms with Crippen LogP contribution in [-0.2, 0) is 29.9 Å². The molecule has 4 heteroatoms. The van der Waals surface area contributed by atoms with Gasteiger partial charge in [0.15, 0.2) is 0 Å². The zero-order valence-corrected chi connectivity index (χ0v) is 26.3. The molecule has 2 aromatic carbocycles. The van der Waals surface area contributed by atoms with Crippen LogP contribution in [0.25, 0.3) is 5.57 Å². The lowest BCUT2D eigenvalue weighted by atomic mass is 9.57. The van der Waals surface area contributed by atoms with Crippen LogP contribution in [0.15, 0.2) is 96.1 Å². The minimum absolute atomic E-state index is 0.206. The van der Waals surface area contributed by atoms with Gasteiger partial charge in [0, 0.05) is 10.8 Å². The summed E-state index contributed by atoms with van der Waals surface area (Å²) in [7, 11) is 2.94. The summed E-state index contributed by atoms with van der Waals surface area (Å²) in [5, 5.41) is 0. The molecule has 2 aromatic rings. The van der Waals surface area contributed by atoms with E-state index in [2.05, 4.69) is 88.4 Å². The maximum absolute atomic E-state index is 13.2. The molecule has 0 aromatic heterocycles. The van der Waals surface area contributed by atoms with E-state index in [0.29, 0.717) is 6.42 Å². The molecule has 0 N–H and O–H groups in total. The minimum Gasteiger partial charge on any atom is -0.469 e. The van der Waals surface area contributed by atoms with Gasteiger partial charge < -0.3 is 9.47 Å². The highest BCUT2D eigenvalue weighted by Gasteiger charge is 2.52. The fourth-order valence-corrected chi connectivity index (χ4v) is 7.93. The number of fused-ring (bicyclic) bond motifs is 2. The van der Waals surface area contributed by atoms with Gasteiger partial charge in [-0.1, -0.05) is 111 Å². The third-order valence-corrected chi connectivity index (χ3v) is 9.10. The summed E-state index contributed by atoms with van der Waals surface area (Å²) in [6.45, 7) is 11.0. The summed E-state index contributed by atoms with van der Waals surface area (Å²) in [4.78, 5) is 26.3. The summed E-state index contributed by atoms with van der Waals surface area (Å²) in [5.74, 6) is -0.210. The number of hydrogen-bond donors (Lipinski definition) is 0. The second-order valence-corrected chi connectivity index (χ2v) is 13.0. The van der Waals surface area contributed by atoms with E-state index in [1.54, 1.807) is 0 Å². The van der Waals surface area contributed by atoms with Gasteiger partial charge in [0.05, 0.1) is 27.1 Å². The minimum atomic E-state index is -0.505. The molecular formula is C38H46O4. The highest BCUT2D eigenvalue weighted by molar-refractivity contribution is 5.91. The molecule has 0 amide bonds. The third-order valence-electron chi connectivity index (χ3n) is 9.10. The first-order valence-corrected chi connectivity index (χ1v) is 15.0. The average Bonchev–Trinajstić information content (AvgIpc) is 3.48. The number of esters is 2. The molecule has 0 radical (unpaired) electrons. The monoisotopic (exact) mass is 566 g/mol. The van der Waals surface area contributed by atoms with Gasteiger partial charge in [-0.05, 0) is 72.3 Å². The smallest absolute Gasteiger partial charge is 0.306 e. The Balaban J connectivity index is 1.86. The van der Waals surface area contributed by atoms with Crippen molar-refractivity contribution in [2.45, 2.75) is 77.6 Å². The Morgan fingerprint density at radius 2 is 1.62 bits per heavy atom. The average molecular weight is 567 g/mol. The van der Waals surface area contributed by atoms with Gasteiger partial charge in [-0.2, -0.15) is 0 Å². The summed E-state index contributed by atoms with van der Waals surface area (Å²) < 4.78 is 10.6. The maximum atomic E-state index is 13.2. The lowest BCUT2D eigenvalue weighted by Gasteiger charge is -2.46. The molecule has 2 aliphatic carbocycles. The highest BCUT2D eigenvalue weighted by atomic mass is 16.5. The predicted octanol–water partition coefficient (Wildman–Crippen LogP) is 8.68. The van der Waals surface area contributed by atoms with E-state index in [4.69, 9.17) is 9.47 Å². The van der Waals surface area contributed by atoms with Gasteiger partial charge >= 0.3 is 11.9 Å². The number of ether oxygens (including phenoxy) is 2. The lowest BCUT2D eigenvalue weighted by molar-refractivity contribution is -0.142. The molecule has 4 nitrogen and oxygen atoms in total. The van der Waals surface area contributed by atoms with Gasteiger partial charge in [0.1, 0.15) is 0 Å². The standard InChI is InChI=1S/C38H46O4/c1-8-9-15-27(2)22-37(23-33(39)41-6,29-16-11-10-12-17-29)25-36(4,5)26-38(24-34(40)42-7)32-19-14-13-18-30(32)31-21-20-28(3)35(31)38/h8-21,28H,22-26H2,1-7H3/b9-8-,27-15-. The first-order valence-electron chi connectivity index (χ1n) is 15.0. The van der Waals surface area contributed by atoms with E-state index in [0.717, 1.165) is 18.4 Å². The summed E-state index contributed by atoms with van der Waals surface area (Å²) in [6, 6.07) is 18.9.